The first-order valence-corrected chi connectivity index (χ1v) is 7.94. The maximum atomic E-state index is 12.9. The van der Waals surface area contributed by atoms with Gasteiger partial charge in [-0.2, -0.15) is 0 Å². The maximum absolute atomic E-state index is 12.9. The van der Waals surface area contributed by atoms with Gasteiger partial charge in [0.05, 0.1) is 22.2 Å². The van der Waals surface area contributed by atoms with Gasteiger partial charge >= 0.3 is 0 Å². The third-order valence-electron chi connectivity index (χ3n) is 2.68. The van der Waals surface area contributed by atoms with Crippen LogP contribution in [0.4, 0.5) is 10.1 Å². The van der Waals surface area contributed by atoms with E-state index in [1.54, 1.807) is 0 Å². The Balaban J connectivity index is 2.36. The number of aliphatic hydroxyl groups excluding tert-OH is 1. The number of sulfonamides is 1. The number of rotatable bonds is 4. The third kappa shape index (κ3) is 3.65. The van der Waals surface area contributed by atoms with Crippen LogP contribution in [0.5, 0.6) is 0 Å². The van der Waals surface area contributed by atoms with Crippen molar-refractivity contribution in [2.24, 2.45) is 0 Å². The van der Waals surface area contributed by atoms with Crippen LogP contribution < -0.4 is 4.72 Å². The summed E-state index contributed by atoms with van der Waals surface area (Å²) in [7, 11) is -3.92. The molecule has 0 bridgehead atoms. The zero-order chi connectivity index (χ0) is 15.6. The predicted octanol–water partition coefficient (Wildman–Crippen LogP) is 3.43. The lowest BCUT2D eigenvalue weighted by Gasteiger charge is -2.11. The largest absolute Gasteiger partial charge is 0.392 e. The highest BCUT2D eigenvalue weighted by Crippen LogP contribution is 2.27. The molecule has 0 aromatic heterocycles. The fraction of sp³-hybridized carbons (Fsp3) is 0.0769. The number of hydrogen-bond donors (Lipinski definition) is 2. The minimum absolute atomic E-state index is 0.0559. The molecule has 2 N–H and O–H groups in total. The summed E-state index contributed by atoms with van der Waals surface area (Å²) in [5, 5.41) is 9.08. The first-order valence-electron chi connectivity index (χ1n) is 5.70. The minimum atomic E-state index is -3.92. The van der Waals surface area contributed by atoms with E-state index in [4.69, 9.17) is 28.3 Å². The van der Waals surface area contributed by atoms with E-state index in [-0.39, 0.29) is 27.2 Å². The van der Waals surface area contributed by atoms with Crippen molar-refractivity contribution in [3.8, 4) is 0 Å². The molecule has 2 rings (SSSR count). The summed E-state index contributed by atoms with van der Waals surface area (Å²) in [5.74, 6) is -0.571. The van der Waals surface area contributed by atoms with Crippen LogP contribution in [0.3, 0.4) is 0 Å². The summed E-state index contributed by atoms with van der Waals surface area (Å²) in [4.78, 5) is -0.0925. The van der Waals surface area contributed by atoms with Crippen molar-refractivity contribution in [1.29, 1.82) is 0 Å². The Kier molecular flexibility index (Phi) is 4.73. The highest BCUT2D eigenvalue weighted by Gasteiger charge is 2.17. The molecule has 2 aromatic rings. The molecule has 0 atom stereocenters. The topological polar surface area (TPSA) is 66.4 Å². The molecule has 0 heterocycles. The van der Waals surface area contributed by atoms with Crippen LogP contribution in [-0.2, 0) is 16.6 Å². The Labute approximate surface area is 131 Å². The zero-order valence-electron chi connectivity index (χ0n) is 10.5. The van der Waals surface area contributed by atoms with Gasteiger partial charge in [-0.25, -0.2) is 12.8 Å². The van der Waals surface area contributed by atoms with E-state index < -0.39 is 15.8 Å². The van der Waals surface area contributed by atoms with Gasteiger partial charge in [-0.3, -0.25) is 4.72 Å². The average molecular weight is 350 g/mol. The number of nitrogens with one attached hydrogen (secondary N) is 1. The summed E-state index contributed by atoms with van der Waals surface area (Å²) < 4.78 is 39.6. The van der Waals surface area contributed by atoms with Crippen LogP contribution in [0.25, 0.3) is 0 Å². The third-order valence-corrected chi connectivity index (χ3v) is 4.71. The smallest absolute Gasteiger partial charge is 0.261 e. The van der Waals surface area contributed by atoms with Crippen molar-refractivity contribution in [3.05, 3.63) is 57.8 Å². The van der Waals surface area contributed by atoms with Gasteiger partial charge < -0.3 is 5.11 Å². The Hall–Kier alpha value is -1.34. The lowest BCUT2D eigenvalue weighted by atomic mass is 10.2. The van der Waals surface area contributed by atoms with Gasteiger partial charge in [0.2, 0.25) is 0 Å². The molecule has 0 spiro atoms. The normalized spacial score (nSPS) is 11.4. The van der Waals surface area contributed by atoms with Gasteiger partial charge in [0.1, 0.15) is 5.82 Å². The van der Waals surface area contributed by atoms with Gasteiger partial charge in [-0.1, -0.05) is 29.3 Å². The summed E-state index contributed by atoms with van der Waals surface area (Å²) in [5.41, 5.74) is 0.468. The van der Waals surface area contributed by atoms with Crippen molar-refractivity contribution >= 4 is 38.9 Å². The molecule has 112 valence electrons. The first-order chi connectivity index (χ1) is 9.83. The number of aliphatic hydroxyl groups is 1. The second kappa shape index (κ2) is 6.19. The van der Waals surface area contributed by atoms with E-state index in [1.165, 1.54) is 24.3 Å². The molecule has 0 radical (unpaired) electrons. The molecule has 0 aliphatic heterocycles. The molecule has 21 heavy (non-hydrogen) atoms. The lowest BCUT2D eigenvalue weighted by molar-refractivity contribution is 0.282. The number of benzene rings is 2. The van der Waals surface area contributed by atoms with Crippen LogP contribution in [0.15, 0.2) is 41.3 Å². The van der Waals surface area contributed by atoms with Crippen molar-refractivity contribution in [1.82, 2.24) is 0 Å². The molecule has 0 saturated heterocycles. The molecule has 2 aromatic carbocycles. The van der Waals surface area contributed by atoms with Crippen LogP contribution in [0.2, 0.25) is 10.0 Å². The van der Waals surface area contributed by atoms with Gasteiger partial charge in [0, 0.05) is 5.02 Å². The Morgan fingerprint density at radius 2 is 1.81 bits per heavy atom. The first kappa shape index (κ1) is 16.0. The van der Waals surface area contributed by atoms with Gasteiger partial charge in [0.15, 0.2) is 0 Å². The van der Waals surface area contributed by atoms with Crippen LogP contribution >= 0.6 is 23.2 Å². The number of halogens is 3. The van der Waals surface area contributed by atoms with E-state index in [0.29, 0.717) is 5.56 Å². The molecule has 0 aliphatic rings. The molecular weight excluding hydrogens is 340 g/mol. The quantitative estimate of drug-likeness (QED) is 0.888. The molecular formula is C13H10Cl2FNO3S. The highest BCUT2D eigenvalue weighted by molar-refractivity contribution is 7.92. The fourth-order valence-corrected chi connectivity index (χ4v) is 3.28. The van der Waals surface area contributed by atoms with Gasteiger partial charge in [-0.15, -0.1) is 0 Å². The van der Waals surface area contributed by atoms with Gasteiger partial charge in [-0.05, 0) is 35.9 Å². The second-order valence-electron chi connectivity index (χ2n) is 4.14. The maximum Gasteiger partial charge on any atom is 0.261 e. The molecule has 0 amide bonds. The molecule has 4 nitrogen and oxygen atoms in total. The highest BCUT2D eigenvalue weighted by atomic mass is 35.5. The summed E-state index contributed by atoms with van der Waals surface area (Å²) >= 11 is 11.6. The Bertz CT molecular complexity index is 781. The molecule has 0 aliphatic carbocycles. The summed E-state index contributed by atoms with van der Waals surface area (Å²) in [6.45, 7) is -0.295. The number of hydrogen-bond acceptors (Lipinski definition) is 3. The van der Waals surface area contributed by atoms with Crippen molar-refractivity contribution in [2.75, 3.05) is 4.72 Å². The SMILES string of the molecule is O=S(=O)(Nc1ccc(F)cc1Cl)c1ccc(CO)c(Cl)c1. The molecule has 0 fully saturated rings. The van der Waals surface area contributed by atoms with E-state index in [1.807, 2.05) is 0 Å². The fourth-order valence-electron chi connectivity index (χ4n) is 1.60. The average Bonchev–Trinajstić information content (AvgIpc) is 2.42. The molecule has 8 heteroatoms. The number of anilines is 1. The van der Waals surface area contributed by atoms with E-state index in [2.05, 4.69) is 4.72 Å². The van der Waals surface area contributed by atoms with Crippen LogP contribution in [0.1, 0.15) is 5.56 Å². The Morgan fingerprint density at radius 3 is 2.38 bits per heavy atom. The summed E-state index contributed by atoms with van der Waals surface area (Å²) in [6.07, 6.45) is 0. The Morgan fingerprint density at radius 1 is 1.10 bits per heavy atom. The van der Waals surface area contributed by atoms with Gasteiger partial charge in [0.25, 0.3) is 10.0 Å². The lowest BCUT2D eigenvalue weighted by Crippen LogP contribution is -2.13. The van der Waals surface area contributed by atoms with Crippen molar-refractivity contribution < 1.29 is 17.9 Å². The predicted molar refractivity (Wildman–Crippen MR) is 79.6 cm³/mol. The zero-order valence-corrected chi connectivity index (χ0v) is 12.8. The second-order valence-corrected chi connectivity index (χ2v) is 6.64. The molecule has 0 unspecified atom stereocenters. The van der Waals surface area contributed by atoms with Crippen LogP contribution in [-0.4, -0.2) is 13.5 Å². The van der Waals surface area contributed by atoms with E-state index in [9.17, 15) is 12.8 Å². The van der Waals surface area contributed by atoms with Crippen LogP contribution in [0, 0.1) is 5.82 Å². The van der Waals surface area contributed by atoms with E-state index in [0.717, 1.165) is 12.1 Å². The standard InChI is InChI=1S/C13H10Cl2FNO3S/c14-11-6-10(3-1-8(11)7-18)21(19,20)17-13-4-2-9(16)5-12(13)15/h1-6,17-18H,7H2. The molecule has 0 saturated carbocycles. The summed E-state index contributed by atoms with van der Waals surface area (Å²) in [6, 6.07) is 7.24. The van der Waals surface area contributed by atoms with Crippen molar-refractivity contribution in [2.45, 2.75) is 11.5 Å². The van der Waals surface area contributed by atoms with Crippen molar-refractivity contribution in [3.63, 3.8) is 0 Å². The monoisotopic (exact) mass is 349 g/mol. The van der Waals surface area contributed by atoms with E-state index >= 15 is 0 Å². The minimum Gasteiger partial charge on any atom is -0.392 e.